The SMILES string of the molecule is Cc1cc(N2CCOCC2C(=O)NC2CC2)ccc1CN. The summed E-state index contributed by atoms with van der Waals surface area (Å²) in [6.45, 7) is 4.46. The second kappa shape index (κ2) is 6.03. The van der Waals surface area contributed by atoms with Gasteiger partial charge in [-0.2, -0.15) is 0 Å². The van der Waals surface area contributed by atoms with Crippen molar-refractivity contribution in [1.82, 2.24) is 5.32 Å². The molecule has 114 valence electrons. The molecule has 21 heavy (non-hydrogen) atoms. The van der Waals surface area contributed by atoms with E-state index in [4.69, 9.17) is 10.5 Å². The zero-order valence-electron chi connectivity index (χ0n) is 12.5. The van der Waals surface area contributed by atoms with Crippen LogP contribution in [-0.2, 0) is 16.1 Å². The average Bonchev–Trinajstić information content (AvgIpc) is 3.31. The average molecular weight is 289 g/mol. The van der Waals surface area contributed by atoms with Gasteiger partial charge in [0.1, 0.15) is 6.04 Å². The second-order valence-corrected chi connectivity index (χ2v) is 5.88. The Balaban J connectivity index is 1.79. The molecule has 0 spiro atoms. The Morgan fingerprint density at radius 3 is 2.95 bits per heavy atom. The lowest BCUT2D eigenvalue weighted by Crippen LogP contribution is -2.54. The van der Waals surface area contributed by atoms with Crippen LogP contribution in [0.1, 0.15) is 24.0 Å². The van der Waals surface area contributed by atoms with Crippen LogP contribution >= 0.6 is 0 Å². The molecule has 5 heteroatoms. The lowest BCUT2D eigenvalue weighted by molar-refractivity contribution is -0.124. The summed E-state index contributed by atoms with van der Waals surface area (Å²) in [6, 6.07) is 6.36. The number of ether oxygens (including phenoxy) is 1. The summed E-state index contributed by atoms with van der Waals surface area (Å²) in [5.74, 6) is 0.0813. The zero-order chi connectivity index (χ0) is 14.8. The predicted molar refractivity (Wildman–Crippen MR) is 82.2 cm³/mol. The lowest BCUT2D eigenvalue weighted by atomic mass is 10.1. The first kappa shape index (κ1) is 14.4. The van der Waals surface area contributed by atoms with E-state index in [1.807, 2.05) is 0 Å². The van der Waals surface area contributed by atoms with Gasteiger partial charge in [0.25, 0.3) is 0 Å². The molecule has 1 aromatic rings. The van der Waals surface area contributed by atoms with Crippen molar-refractivity contribution < 1.29 is 9.53 Å². The van der Waals surface area contributed by atoms with Crippen LogP contribution in [0.25, 0.3) is 0 Å². The van der Waals surface area contributed by atoms with Crippen molar-refractivity contribution in [2.24, 2.45) is 5.73 Å². The van der Waals surface area contributed by atoms with Crippen LogP contribution in [0.4, 0.5) is 5.69 Å². The molecule has 0 aromatic heterocycles. The maximum absolute atomic E-state index is 12.4. The molecule has 3 rings (SSSR count). The van der Waals surface area contributed by atoms with Crippen LogP contribution in [0.3, 0.4) is 0 Å². The Morgan fingerprint density at radius 1 is 1.48 bits per heavy atom. The third-order valence-electron chi connectivity index (χ3n) is 4.23. The fourth-order valence-corrected chi connectivity index (χ4v) is 2.74. The van der Waals surface area contributed by atoms with E-state index in [1.54, 1.807) is 0 Å². The van der Waals surface area contributed by atoms with Gasteiger partial charge < -0.3 is 20.7 Å². The van der Waals surface area contributed by atoms with E-state index < -0.39 is 0 Å². The summed E-state index contributed by atoms with van der Waals surface area (Å²) in [4.78, 5) is 14.5. The third-order valence-corrected chi connectivity index (χ3v) is 4.23. The van der Waals surface area contributed by atoms with E-state index >= 15 is 0 Å². The number of hydrogen-bond acceptors (Lipinski definition) is 4. The zero-order valence-corrected chi connectivity index (χ0v) is 12.5. The molecule has 1 saturated heterocycles. The smallest absolute Gasteiger partial charge is 0.245 e. The van der Waals surface area contributed by atoms with E-state index in [1.165, 1.54) is 5.56 Å². The molecule has 1 saturated carbocycles. The third kappa shape index (κ3) is 3.19. The molecule has 0 bridgehead atoms. The molecule has 2 aliphatic rings. The number of morpholine rings is 1. The molecule has 1 aromatic carbocycles. The monoisotopic (exact) mass is 289 g/mol. The van der Waals surface area contributed by atoms with Gasteiger partial charge in [-0.25, -0.2) is 0 Å². The summed E-state index contributed by atoms with van der Waals surface area (Å²) in [5, 5.41) is 3.08. The lowest BCUT2D eigenvalue weighted by Gasteiger charge is -2.36. The quantitative estimate of drug-likeness (QED) is 0.865. The number of aryl methyl sites for hydroxylation is 1. The molecule has 1 aliphatic carbocycles. The number of rotatable bonds is 4. The van der Waals surface area contributed by atoms with Crippen molar-refractivity contribution >= 4 is 11.6 Å². The highest BCUT2D eigenvalue weighted by Crippen LogP contribution is 2.24. The van der Waals surface area contributed by atoms with E-state index in [0.29, 0.717) is 25.8 Å². The van der Waals surface area contributed by atoms with Gasteiger partial charge in [-0.3, -0.25) is 4.79 Å². The number of carbonyl (C=O) groups is 1. The first-order valence-electron chi connectivity index (χ1n) is 7.63. The number of nitrogens with one attached hydrogen (secondary N) is 1. The molecule has 1 unspecified atom stereocenters. The minimum absolute atomic E-state index is 0.0813. The molecule has 1 amide bonds. The Hall–Kier alpha value is -1.59. The van der Waals surface area contributed by atoms with Gasteiger partial charge in [-0.15, -0.1) is 0 Å². The summed E-state index contributed by atoms with van der Waals surface area (Å²) in [7, 11) is 0. The standard InChI is InChI=1S/C16H23N3O2/c1-11-8-14(5-2-12(11)9-17)19-6-7-21-10-15(19)16(20)18-13-3-4-13/h2,5,8,13,15H,3-4,6-7,9-10,17H2,1H3,(H,18,20). The number of benzene rings is 1. The fourth-order valence-electron chi connectivity index (χ4n) is 2.74. The first-order chi connectivity index (χ1) is 10.2. The maximum atomic E-state index is 12.4. The Bertz CT molecular complexity index is 528. The molecule has 0 radical (unpaired) electrons. The van der Waals surface area contributed by atoms with Gasteiger partial charge >= 0.3 is 0 Å². The van der Waals surface area contributed by atoms with Crippen molar-refractivity contribution in [2.75, 3.05) is 24.7 Å². The number of anilines is 1. The summed E-state index contributed by atoms with van der Waals surface area (Å²) < 4.78 is 5.51. The van der Waals surface area contributed by atoms with Crippen LogP contribution in [0.5, 0.6) is 0 Å². The Kier molecular flexibility index (Phi) is 4.12. The molecule has 1 aliphatic heterocycles. The highest BCUT2D eigenvalue weighted by atomic mass is 16.5. The van der Waals surface area contributed by atoms with Crippen molar-refractivity contribution in [3.8, 4) is 0 Å². The Labute approximate surface area is 125 Å². The topological polar surface area (TPSA) is 67.6 Å². The van der Waals surface area contributed by atoms with E-state index in [0.717, 1.165) is 30.6 Å². The van der Waals surface area contributed by atoms with Crippen molar-refractivity contribution in [3.05, 3.63) is 29.3 Å². The maximum Gasteiger partial charge on any atom is 0.245 e. The molecular weight excluding hydrogens is 266 g/mol. The second-order valence-electron chi connectivity index (χ2n) is 5.88. The molecule has 3 N–H and O–H groups in total. The van der Waals surface area contributed by atoms with Gasteiger partial charge in [0, 0.05) is 24.8 Å². The van der Waals surface area contributed by atoms with E-state index in [2.05, 4.69) is 35.3 Å². The molecule has 1 atom stereocenters. The number of nitrogens with zero attached hydrogens (tertiary/aromatic N) is 1. The van der Waals surface area contributed by atoms with Crippen LogP contribution in [0.2, 0.25) is 0 Å². The van der Waals surface area contributed by atoms with Gasteiger partial charge in [0.05, 0.1) is 13.2 Å². The predicted octanol–water partition coefficient (Wildman–Crippen LogP) is 0.938. The van der Waals surface area contributed by atoms with Crippen LogP contribution in [0, 0.1) is 6.92 Å². The van der Waals surface area contributed by atoms with Gasteiger partial charge in [-0.05, 0) is 43.0 Å². The number of nitrogens with two attached hydrogens (primary N) is 1. The number of amides is 1. The van der Waals surface area contributed by atoms with Crippen molar-refractivity contribution in [3.63, 3.8) is 0 Å². The summed E-state index contributed by atoms with van der Waals surface area (Å²) >= 11 is 0. The molecule has 2 fully saturated rings. The van der Waals surface area contributed by atoms with Crippen LogP contribution in [0.15, 0.2) is 18.2 Å². The molecule has 1 heterocycles. The normalized spacial score (nSPS) is 22.2. The highest BCUT2D eigenvalue weighted by Gasteiger charge is 2.33. The minimum Gasteiger partial charge on any atom is -0.377 e. The molecular formula is C16H23N3O2. The number of carbonyl (C=O) groups excluding carboxylic acids is 1. The van der Waals surface area contributed by atoms with Gasteiger partial charge in [0.15, 0.2) is 0 Å². The highest BCUT2D eigenvalue weighted by molar-refractivity contribution is 5.86. The van der Waals surface area contributed by atoms with Crippen LogP contribution in [-0.4, -0.2) is 37.7 Å². The van der Waals surface area contributed by atoms with Gasteiger partial charge in [-0.1, -0.05) is 6.07 Å². The van der Waals surface area contributed by atoms with E-state index in [-0.39, 0.29) is 11.9 Å². The first-order valence-corrected chi connectivity index (χ1v) is 7.63. The van der Waals surface area contributed by atoms with Crippen molar-refractivity contribution in [1.29, 1.82) is 0 Å². The van der Waals surface area contributed by atoms with Crippen LogP contribution < -0.4 is 16.0 Å². The Morgan fingerprint density at radius 2 is 2.29 bits per heavy atom. The molecule has 5 nitrogen and oxygen atoms in total. The fraction of sp³-hybridized carbons (Fsp3) is 0.562. The van der Waals surface area contributed by atoms with Crippen molar-refractivity contribution in [2.45, 2.75) is 38.4 Å². The largest absolute Gasteiger partial charge is 0.377 e. The van der Waals surface area contributed by atoms with Gasteiger partial charge in [0.2, 0.25) is 5.91 Å². The summed E-state index contributed by atoms with van der Waals surface area (Å²) in [6.07, 6.45) is 2.20. The van der Waals surface area contributed by atoms with E-state index in [9.17, 15) is 4.79 Å². The summed E-state index contributed by atoms with van der Waals surface area (Å²) in [5.41, 5.74) is 9.11. The minimum atomic E-state index is -0.234. The number of hydrogen-bond donors (Lipinski definition) is 2.